The molecule has 0 radical (unpaired) electrons. The number of rotatable bonds is 7. The van der Waals surface area contributed by atoms with Crippen molar-refractivity contribution in [1.29, 1.82) is 0 Å². The topological polar surface area (TPSA) is 38.3 Å². The molecule has 0 N–H and O–H groups in total. The molecule has 5 heteroatoms. The van der Waals surface area contributed by atoms with Gasteiger partial charge in [-0.15, -0.1) is 0 Å². The van der Waals surface area contributed by atoms with Crippen LogP contribution in [0.15, 0.2) is 55.0 Å². The van der Waals surface area contributed by atoms with Crippen molar-refractivity contribution >= 4 is 11.6 Å². The highest BCUT2D eigenvalue weighted by atomic mass is 35.5. The van der Waals surface area contributed by atoms with E-state index in [-0.39, 0.29) is 0 Å². The Morgan fingerprint density at radius 2 is 1.93 bits per heavy atom. The van der Waals surface area contributed by atoms with Crippen LogP contribution in [0.1, 0.15) is 12.0 Å². The molecule has 0 fully saturated rings. The molecule has 4 nitrogen and oxygen atoms in total. The van der Waals surface area contributed by atoms with Gasteiger partial charge in [-0.25, -0.2) is 0 Å². The van der Waals surface area contributed by atoms with E-state index in [1.807, 2.05) is 36.5 Å². The van der Waals surface area contributed by atoms with Crippen molar-refractivity contribution in [3.05, 3.63) is 65.6 Å². The molecule has 0 atom stereocenters. The molecule has 0 aliphatic rings. The van der Waals surface area contributed by atoms with Crippen LogP contribution in [0.25, 0.3) is 22.4 Å². The highest BCUT2D eigenvalue weighted by Gasteiger charge is 2.13. The van der Waals surface area contributed by atoms with Gasteiger partial charge in [-0.05, 0) is 57.3 Å². The summed E-state index contributed by atoms with van der Waals surface area (Å²) in [5.74, 6) is 0.687. The smallest absolute Gasteiger partial charge is 0.138 e. The van der Waals surface area contributed by atoms with Gasteiger partial charge in [-0.1, -0.05) is 23.7 Å². The highest BCUT2D eigenvalue weighted by molar-refractivity contribution is 6.32. The van der Waals surface area contributed by atoms with Gasteiger partial charge in [0.15, 0.2) is 0 Å². The second kappa shape index (κ2) is 8.98. The lowest BCUT2D eigenvalue weighted by Crippen LogP contribution is -2.15. The van der Waals surface area contributed by atoms with Crippen molar-refractivity contribution < 1.29 is 4.74 Å². The second-order valence-electron chi connectivity index (χ2n) is 6.74. The number of benzene rings is 1. The van der Waals surface area contributed by atoms with Crippen LogP contribution in [0.2, 0.25) is 5.02 Å². The Morgan fingerprint density at radius 1 is 1.07 bits per heavy atom. The average molecular weight is 382 g/mol. The third-order valence-electron chi connectivity index (χ3n) is 4.35. The number of aromatic nitrogens is 2. The highest BCUT2D eigenvalue weighted by Crippen LogP contribution is 2.35. The Hall–Kier alpha value is -2.43. The van der Waals surface area contributed by atoms with Crippen molar-refractivity contribution in [3.63, 3.8) is 0 Å². The predicted molar refractivity (Wildman–Crippen MR) is 111 cm³/mol. The fourth-order valence-corrected chi connectivity index (χ4v) is 3.09. The molecule has 2 heterocycles. The number of hydrogen-bond donors (Lipinski definition) is 0. The summed E-state index contributed by atoms with van der Waals surface area (Å²) in [5.41, 5.74) is 5.14. The number of ether oxygens (including phenoxy) is 1. The van der Waals surface area contributed by atoms with E-state index in [0.717, 1.165) is 40.9 Å². The zero-order valence-corrected chi connectivity index (χ0v) is 16.7. The van der Waals surface area contributed by atoms with Gasteiger partial charge in [0.25, 0.3) is 0 Å². The van der Waals surface area contributed by atoms with Crippen molar-refractivity contribution in [2.45, 2.75) is 13.3 Å². The molecule has 0 saturated carbocycles. The van der Waals surface area contributed by atoms with Gasteiger partial charge in [0.05, 0.1) is 17.3 Å². The third kappa shape index (κ3) is 4.85. The van der Waals surface area contributed by atoms with Crippen LogP contribution in [-0.4, -0.2) is 42.1 Å². The van der Waals surface area contributed by atoms with Crippen LogP contribution in [0.4, 0.5) is 0 Å². The third-order valence-corrected chi connectivity index (χ3v) is 4.66. The van der Waals surface area contributed by atoms with Crippen molar-refractivity contribution in [3.8, 4) is 28.1 Å². The van der Waals surface area contributed by atoms with Gasteiger partial charge in [-0.2, -0.15) is 0 Å². The maximum absolute atomic E-state index is 6.34. The van der Waals surface area contributed by atoms with Gasteiger partial charge in [0, 0.05) is 41.8 Å². The normalized spacial score (nSPS) is 11.0. The Morgan fingerprint density at radius 3 is 2.70 bits per heavy atom. The largest absolute Gasteiger partial charge is 0.492 e. The molecule has 0 spiro atoms. The predicted octanol–water partition coefficient (Wildman–Crippen LogP) is 5.10. The van der Waals surface area contributed by atoms with Crippen LogP contribution < -0.4 is 4.74 Å². The summed E-state index contributed by atoms with van der Waals surface area (Å²) in [7, 11) is 4.10. The van der Waals surface area contributed by atoms with E-state index in [2.05, 4.69) is 42.0 Å². The molecule has 0 amide bonds. The molecular formula is C22H24ClN3O. The first-order chi connectivity index (χ1) is 13.1. The van der Waals surface area contributed by atoms with E-state index < -0.39 is 0 Å². The molecule has 3 rings (SSSR count). The minimum atomic E-state index is 0.610. The minimum Gasteiger partial charge on any atom is -0.492 e. The van der Waals surface area contributed by atoms with Gasteiger partial charge >= 0.3 is 0 Å². The fourth-order valence-electron chi connectivity index (χ4n) is 2.92. The first kappa shape index (κ1) is 19.3. The molecule has 3 aromatic rings. The molecule has 0 aliphatic heterocycles. The first-order valence-electron chi connectivity index (χ1n) is 8.99. The average Bonchev–Trinajstić information content (AvgIpc) is 2.67. The Labute approximate surface area is 165 Å². The van der Waals surface area contributed by atoms with Crippen LogP contribution in [0.3, 0.4) is 0 Å². The lowest BCUT2D eigenvalue weighted by Gasteiger charge is -2.14. The maximum Gasteiger partial charge on any atom is 0.138 e. The van der Waals surface area contributed by atoms with Crippen molar-refractivity contribution in [2.24, 2.45) is 0 Å². The van der Waals surface area contributed by atoms with E-state index in [0.29, 0.717) is 17.4 Å². The van der Waals surface area contributed by atoms with Crippen molar-refractivity contribution in [1.82, 2.24) is 14.9 Å². The zero-order valence-electron chi connectivity index (χ0n) is 15.9. The lowest BCUT2D eigenvalue weighted by atomic mass is 9.97. The Kier molecular flexibility index (Phi) is 6.43. The summed E-state index contributed by atoms with van der Waals surface area (Å²) in [4.78, 5) is 11.0. The number of pyridine rings is 2. The molecule has 0 saturated heterocycles. The SMILES string of the molecule is Cc1ccncc1-c1cccnc1-c1ccc(Cl)c(OCCCN(C)C)c1. The van der Waals surface area contributed by atoms with E-state index in [1.165, 1.54) is 0 Å². The van der Waals surface area contributed by atoms with E-state index >= 15 is 0 Å². The molecule has 0 bridgehead atoms. The monoisotopic (exact) mass is 381 g/mol. The zero-order chi connectivity index (χ0) is 19.2. The van der Waals surface area contributed by atoms with Crippen LogP contribution >= 0.6 is 11.6 Å². The maximum atomic E-state index is 6.34. The number of nitrogens with zero attached hydrogens (tertiary/aromatic N) is 3. The summed E-state index contributed by atoms with van der Waals surface area (Å²) in [6.45, 7) is 3.68. The van der Waals surface area contributed by atoms with E-state index in [1.54, 1.807) is 12.4 Å². The molecule has 0 aliphatic carbocycles. The second-order valence-corrected chi connectivity index (χ2v) is 7.15. The first-order valence-corrected chi connectivity index (χ1v) is 9.37. The van der Waals surface area contributed by atoms with Crippen LogP contribution in [-0.2, 0) is 0 Å². The summed E-state index contributed by atoms with van der Waals surface area (Å²) in [6.07, 6.45) is 6.43. The molecule has 27 heavy (non-hydrogen) atoms. The van der Waals surface area contributed by atoms with E-state index in [9.17, 15) is 0 Å². The standard InChI is InChI=1S/C22H24ClN3O/c1-16-9-11-24-15-19(16)18-6-4-10-25-22(18)17-7-8-20(23)21(14-17)27-13-5-12-26(2)3/h4,6-11,14-15H,5,12-13H2,1-3H3. The lowest BCUT2D eigenvalue weighted by molar-refractivity contribution is 0.282. The molecule has 2 aromatic heterocycles. The summed E-state index contributed by atoms with van der Waals surface area (Å²) < 4.78 is 5.92. The quantitative estimate of drug-likeness (QED) is 0.533. The minimum absolute atomic E-state index is 0.610. The summed E-state index contributed by atoms with van der Waals surface area (Å²) in [5, 5.41) is 0.610. The molecule has 1 aromatic carbocycles. The number of hydrogen-bond acceptors (Lipinski definition) is 4. The van der Waals surface area contributed by atoms with Gasteiger partial charge in [0.2, 0.25) is 0 Å². The Balaban J connectivity index is 1.91. The summed E-state index contributed by atoms with van der Waals surface area (Å²) in [6, 6.07) is 11.8. The molecule has 140 valence electrons. The van der Waals surface area contributed by atoms with Gasteiger partial charge in [-0.3, -0.25) is 9.97 Å². The number of aryl methyl sites for hydroxylation is 1. The Bertz CT molecular complexity index is 912. The summed E-state index contributed by atoms with van der Waals surface area (Å²) >= 11 is 6.34. The van der Waals surface area contributed by atoms with E-state index in [4.69, 9.17) is 16.3 Å². The van der Waals surface area contributed by atoms with Gasteiger partial charge in [0.1, 0.15) is 5.75 Å². The molecular weight excluding hydrogens is 358 g/mol. The van der Waals surface area contributed by atoms with Crippen LogP contribution in [0, 0.1) is 6.92 Å². The fraction of sp³-hybridized carbons (Fsp3) is 0.273. The van der Waals surface area contributed by atoms with Crippen LogP contribution in [0.5, 0.6) is 5.75 Å². The van der Waals surface area contributed by atoms with Gasteiger partial charge < -0.3 is 9.64 Å². The molecule has 0 unspecified atom stereocenters. The number of halogens is 1. The van der Waals surface area contributed by atoms with Crippen molar-refractivity contribution in [2.75, 3.05) is 27.2 Å².